The Labute approximate surface area is 108 Å². The molecule has 18 heavy (non-hydrogen) atoms. The van der Waals surface area contributed by atoms with E-state index in [1.807, 2.05) is 12.2 Å². The third kappa shape index (κ3) is 2.33. The zero-order valence-electron chi connectivity index (χ0n) is 9.38. The van der Waals surface area contributed by atoms with Gasteiger partial charge in [-0.3, -0.25) is 14.9 Å². The van der Waals surface area contributed by atoms with Gasteiger partial charge >= 0.3 is 5.69 Å². The molecular weight excluding hydrogens is 258 g/mol. The molecule has 1 amide bonds. The summed E-state index contributed by atoms with van der Waals surface area (Å²) < 4.78 is 0. The van der Waals surface area contributed by atoms with E-state index < -0.39 is 16.5 Å². The zero-order chi connectivity index (χ0) is 13.1. The Morgan fingerprint density at radius 2 is 2.28 bits per heavy atom. The van der Waals surface area contributed by atoms with Crippen molar-refractivity contribution in [3.63, 3.8) is 0 Å². The number of nitro groups is 1. The number of amides is 1. The SMILES string of the molecule is O=C(c1ccnc(Cl)c1[N+](=O)[O-])N1CC=CCC1. The van der Waals surface area contributed by atoms with E-state index in [1.165, 1.54) is 12.3 Å². The van der Waals surface area contributed by atoms with E-state index in [0.29, 0.717) is 13.1 Å². The molecule has 0 aromatic carbocycles. The van der Waals surface area contributed by atoms with Crippen LogP contribution in [0, 0.1) is 10.1 Å². The van der Waals surface area contributed by atoms with Gasteiger partial charge in [0.1, 0.15) is 5.56 Å². The van der Waals surface area contributed by atoms with Crippen LogP contribution in [0.15, 0.2) is 24.4 Å². The number of nitrogens with zero attached hydrogens (tertiary/aromatic N) is 3. The molecule has 0 radical (unpaired) electrons. The number of carbonyl (C=O) groups is 1. The van der Waals surface area contributed by atoms with Crippen LogP contribution >= 0.6 is 11.6 Å². The lowest BCUT2D eigenvalue weighted by Gasteiger charge is -2.23. The van der Waals surface area contributed by atoms with Gasteiger partial charge in [-0.1, -0.05) is 23.8 Å². The second kappa shape index (κ2) is 5.14. The summed E-state index contributed by atoms with van der Waals surface area (Å²) in [5, 5.41) is 10.7. The molecule has 0 fully saturated rings. The van der Waals surface area contributed by atoms with Crippen molar-refractivity contribution in [2.45, 2.75) is 6.42 Å². The number of hydrogen-bond donors (Lipinski definition) is 0. The molecule has 0 atom stereocenters. The van der Waals surface area contributed by atoms with Crippen LogP contribution in [0.2, 0.25) is 5.15 Å². The summed E-state index contributed by atoms with van der Waals surface area (Å²) in [7, 11) is 0. The van der Waals surface area contributed by atoms with Gasteiger partial charge in [-0.05, 0) is 12.5 Å². The van der Waals surface area contributed by atoms with Crippen molar-refractivity contribution in [2.24, 2.45) is 0 Å². The van der Waals surface area contributed by atoms with Crippen LogP contribution in [0.5, 0.6) is 0 Å². The van der Waals surface area contributed by atoms with Crippen LogP contribution in [0.25, 0.3) is 0 Å². The highest BCUT2D eigenvalue weighted by molar-refractivity contribution is 6.32. The van der Waals surface area contributed by atoms with Crippen molar-refractivity contribution in [3.05, 3.63) is 45.2 Å². The molecule has 1 aromatic rings. The maximum atomic E-state index is 12.2. The van der Waals surface area contributed by atoms with Gasteiger partial charge in [0.15, 0.2) is 0 Å². The molecule has 1 aliphatic heterocycles. The lowest BCUT2D eigenvalue weighted by molar-refractivity contribution is -0.385. The normalized spacial score (nSPS) is 14.6. The van der Waals surface area contributed by atoms with Crippen molar-refractivity contribution in [1.29, 1.82) is 0 Å². The number of carbonyl (C=O) groups excluding carboxylic acids is 1. The molecule has 2 rings (SSSR count). The first kappa shape index (κ1) is 12.5. The van der Waals surface area contributed by atoms with Gasteiger partial charge in [-0.15, -0.1) is 0 Å². The summed E-state index contributed by atoms with van der Waals surface area (Å²) in [6.45, 7) is 1.00. The average Bonchev–Trinajstić information content (AvgIpc) is 2.38. The van der Waals surface area contributed by atoms with Gasteiger partial charge in [0.05, 0.1) is 4.92 Å². The maximum absolute atomic E-state index is 12.2. The molecule has 0 unspecified atom stereocenters. The van der Waals surface area contributed by atoms with E-state index >= 15 is 0 Å². The highest BCUT2D eigenvalue weighted by atomic mass is 35.5. The minimum atomic E-state index is -0.678. The minimum absolute atomic E-state index is 0.0182. The molecule has 0 N–H and O–H groups in total. The second-order valence-electron chi connectivity index (χ2n) is 3.77. The van der Waals surface area contributed by atoms with Gasteiger partial charge in [-0.2, -0.15) is 0 Å². The van der Waals surface area contributed by atoms with Crippen LogP contribution in [0.4, 0.5) is 5.69 Å². The largest absolute Gasteiger partial charge is 0.334 e. The van der Waals surface area contributed by atoms with Crippen molar-refractivity contribution in [2.75, 3.05) is 13.1 Å². The number of pyridine rings is 1. The molecule has 0 saturated heterocycles. The number of halogens is 1. The van der Waals surface area contributed by atoms with Crippen molar-refractivity contribution in [1.82, 2.24) is 9.88 Å². The van der Waals surface area contributed by atoms with Gasteiger partial charge in [0, 0.05) is 19.3 Å². The topological polar surface area (TPSA) is 76.3 Å². The van der Waals surface area contributed by atoms with Crippen molar-refractivity contribution >= 4 is 23.2 Å². The quantitative estimate of drug-likeness (QED) is 0.356. The fraction of sp³-hybridized carbons (Fsp3) is 0.273. The summed E-state index contributed by atoms with van der Waals surface area (Å²) in [6, 6.07) is 1.32. The number of rotatable bonds is 2. The van der Waals surface area contributed by atoms with Gasteiger partial charge in [0.2, 0.25) is 5.15 Å². The van der Waals surface area contributed by atoms with Crippen LogP contribution in [-0.4, -0.2) is 33.8 Å². The maximum Gasteiger partial charge on any atom is 0.319 e. The molecule has 2 heterocycles. The molecule has 0 saturated carbocycles. The second-order valence-corrected chi connectivity index (χ2v) is 4.12. The minimum Gasteiger partial charge on any atom is -0.334 e. The smallest absolute Gasteiger partial charge is 0.319 e. The summed E-state index contributed by atoms with van der Waals surface area (Å²) in [4.78, 5) is 27.6. The van der Waals surface area contributed by atoms with Crippen molar-refractivity contribution in [3.8, 4) is 0 Å². The monoisotopic (exact) mass is 267 g/mol. The van der Waals surface area contributed by atoms with E-state index in [1.54, 1.807) is 4.90 Å². The summed E-state index contributed by atoms with van der Waals surface area (Å²) >= 11 is 5.67. The van der Waals surface area contributed by atoms with Crippen molar-refractivity contribution < 1.29 is 9.72 Å². The molecular formula is C11H10ClN3O3. The lowest BCUT2D eigenvalue weighted by atomic mass is 10.1. The van der Waals surface area contributed by atoms with E-state index in [4.69, 9.17) is 11.6 Å². The van der Waals surface area contributed by atoms with Crippen LogP contribution in [0.1, 0.15) is 16.8 Å². The Morgan fingerprint density at radius 3 is 2.89 bits per heavy atom. The third-order valence-corrected chi connectivity index (χ3v) is 2.91. The van der Waals surface area contributed by atoms with Gasteiger partial charge in [-0.25, -0.2) is 4.98 Å². The van der Waals surface area contributed by atoms with Crippen LogP contribution < -0.4 is 0 Å². The fourth-order valence-electron chi connectivity index (χ4n) is 1.77. The Bertz CT molecular complexity index is 530. The fourth-order valence-corrected chi connectivity index (χ4v) is 2.00. The molecule has 7 heteroatoms. The van der Waals surface area contributed by atoms with Gasteiger partial charge < -0.3 is 4.90 Å². The summed E-state index contributed by atoms with van der Waals surface area (Å²) in [5.74, 6) is -0.393. The van der Waals surface area contributed by atoms with Gasteiger partial charge in [0.25, 0.3) is 5.91 Å². The average molecular weight is 268 g/mol. The van der Waals surface area contributed by atoms with Crippen LogP contribution in [-0.2, 0) is 0 Å². The number of hydrogen-bond acceptors (Lipinski definition) is 4. The number of aromatic nitrogens is 1. The summed E-state index contributed by atoms with van der Waals surface area (Å²) in [5.41, 5.74) is -0.450. The molecule has 0 bridgehead atoms. The molecule has 94 valence electrons. The Morgan fingerprint density at radius 1 is 1.50 bits per heavy atom. The predicted molar refractivity (Wildman–Crippen MR) is 65.6 cm³/mol. The molecule has 6 nitrogen and oxygen atoms in total. The molecule has 1 aromatic heterocycles. The van der Waals surface area contributed by atoms with Crippen LogP contribution in [0.3, 0.4) is 0 Å². The first-order valence-corrected chi connectivity index (χ1v) is 5.72. The molecule has 0 spiro atoms. The highest BCUT2D eigenvalue weighted by Crippen LogP contribution is 2.27. The van der Waals surface area contributed by atoms with E-state index in [9.17, 15) is 14.9 Å². The van der Waals surface area contributed by atoms with E-state index in [-0.39, 0.29) is 10.7 Å². The molecule has 0 aliphatic carbocycles. The Kier molecular flexibility index (Phi) is 3.57. The summed E-state index contributed by atoms with van der Waals surface area (Å²) in [6.07, 6.45) is 5.87. The first-order chi connectivity index (χ1) is 8.61. The lowest BCUT2D eigenvalue weighted by Crippen LogP contribution is -2.34. The van der Waals surface area contributed by atoms with E-state index in [2.05, 4.69) is 4.98 Å². The zero-order valence-corrected chi connectivity index (χ0v) is 10.1. The predicted octanol–water partition coefficient (Wildman–Crippen LogP) is 2.05. The highest BCUT2D eigenvalue weighted by Gasteiger charge is 2.28. The standard InChI is InChI=1S/C11H10ClN3O3/c12-10-9(15(17)18)8(4-5-13-10)11(16)14-6-2-1-3-7-14/h1-2,4-5H,3,6-7H2. The Hall–Kier alpha value is -1.95. The van der Waals surface area contributed by atoms with E-state index in [0.717, 1.165) is 6.42 Å². The first-order valence-electron chi connectivity index (χ1n) is 5.34. The third-order valence-electron chi connectivity index (χ3n) is 2.64. The molecule has 1 aliphatic rings. The Balaban J connectivity index is 2.38.